The fourth-order valence-corrected chi connectivity index (χ4v) is 3.20. The molecule has 4 nitrogen and oxygen atoms in total. The highest BCUT2D eigenvalue weighted by atomic mass is 16.4. The molecule has 0 spiro atoms. The molecule has 1 aliphatic rings. The zero-order chi connectivity index (χ0) is 13.7. The maximum Gasteiger partial charge on any atom is 0.360 e. The lowest BCUT2D eigenvalue weighted by Crippen LogP contribution is -2.22. The molecule has 0 unspecified atom stereocenters. The van der Waals surface area contributed by atoms with E-state index in [9.17, 15) is 9.59 Å². The second-order valence-electron chi connectivity index (χ2n) is 5.25. The number of rotatable bonds is 0. The van der Waals surface area contributed by atoms with Crippen LogP contribution in [0.2, 0.25) is 0 Å². The SMILES string of the molecule is O=c1[nH]c2c(=O)oc3ccccc3c2c2c1CCCC2. The molecular weight excluding hydrogens is 254 g/mol. The number of fused-ring (bicyclic) bond motifs is 5. The van der Waals surface area contributed by atoms with Crippen LogP contribution in [0.5, 0.6) is 0 Å². The molecule has 2 heterocycles. The fraction of sp³-hybridized carbons (Fsp3) is 0.250. The van der Waals surface area contributed by atoms with Crippen LogP contribution in [0, 0.1) is 0 Å². The Balaban J connectivity index is 2.33. The Morgan fingerprint density at radius 3 is 2.60 bits per heavy atom. The quantitative estimate of drug-likeness (QED) is 0.503. The van der Waals surface area contributed by atoms with Gasteiger partial charge < -0.3 is 9.40 Å². The Hall–Kier alpha value is -2.36. The van der Waals surface area contributed by atoms with Gasteiger partial charge >= 0.3 is 5.63 Å². The second-order valence-corrected chi connectivity index (χ2v) is 5.25. The highest BCUT2D eigenvalue weighted by molar-refractivity contribution is 6.05. The number of aryl methyl sites for hydroxylation is 1. The predicted molar refractivity (Wildman–Crippen MR) is 77.3 cm³/mol. The summed E-state index contributed by atoms with van der Waals surface area (Å²) in [5, 5.41) is 1.77. The van der Waals surface area contributed by atoms with Gasteiger partial charge in [-0.05, 0) is 37.3 Å². The van der Waals surface area contributed by atoms with Crippen LogP contribution < -0.4 is 11.2 Å². The van der Waals surface area contributed by atoms with Gasteiger partial charge in [-0.15, -0.1) is 0 Å². The summed E-state index contributed by atoms with van der Waals surface area (Å²) in [5.74, 6) is 0. The van der Waals surface area contributed by atoms with Crippen molar-refractivity contribution in [2.75, 3.05) is 0 Å². The zero-order valence-electron chi connectivity index (χ0n) is 10.9. The van der Waals surface area contributed by atoms with Gasteiger partial charge in [-0.2, -0.15) is 0 Å². The first-order valence-electron chi connectivity index (χ1n) is 6.85. The van der Waals surface area contributed by atoms with Gasteiger partial charge in [-0.3, -0.25) is 4.79 Å². The molecule has 0 saturated carbocycles. The zero-order valence-corrected chi connectivity index (χ0v) is 10.9. The van der Waals surface area contributed by atoms with Gasteiger partial charge in [0.05, 0.1) is 0 Å². The molecule has 4 rings (SSSR count). The van der Waals surface area contributed by atoms with Gasteiger partial charge in [0.15, 0.2) is 0 Å². The first-order valence-corrected chi connectivity index (χ1v) is 6.85. The number of hydrogen-bond donors (Lipinski definition) is 1. The number of pyridine rings is 1. The average molecular weight is 267 g/mol. The van der Waals surface area contributed by atoms with E-state index >= 15 is 0 Å². The van der Waals surface area contributed by atoms with Crippen molar-refractivity contribution >= 4 is 21.9 Å². The van der Waals surface area contributed by atoms with E-state index in [0.29, 0.717) is 11.1 Å². The lowest BCUT2D eigenvalue weighted by molar-refractivity contribution is 0.567. The van der Waals surface area contributed by atoms with E-state index in [1.54, 1.807) is 6.07 Å². The van der Waals surface area contributed by atoms with Crippen molar-refractivity contribution in [3.05, 3.63) is 56.2 Å². The van der Waals surface area contributed by atoms with Crippen LogP contribution >= 0.6 is 0 Å². The molecule has 0 aliphatic heterocycles. The van der Waals surface area contributed by atoms with E-state index in [1.807, 2.05) is 18.2 Å². The Morgan fingerprint density at radius 2 is 1.75 bits per heavy atom. The molecule has 1 N–H and O–H groups in total. The third-order valence-corrected chi connectivity index (χ3v) is 4.10. The third-order valence-electron chi connectivity index (χ3n) is 4.10. The first-order chi connectivity index (χ1) is 9.75. The van der Waals surface area contributed by atoms with Crippen molar-refractivity contribution in [3.8, 4) is 0 Å². The predicted octanol–water partition coefficient (Wildman–Crippen LogP) is 2.51. The molecule has 1 aromatic carbocycles. The minimum atomic E-state index is -0.468. The fourth-order valence-electron chi connectivity index (χ4n) is 3.20. The summed E-state index contributed by atoms with van der Waals surface area (Å²) in [7, 11) is 0. The number of aromatic nitrogens is 1. The standard InChI is InChI=1S/C16H13NO3/c18-15-10-6-2-1-5-9(10)13-11-7-3-4-8-12(11)20-16(19)14(13)17-15/h3-4,7-8H,1-2,5-6H2,(H,17,18). The highest BCUT2D eigenvalue weighted by Crippen LogP contribution is 2.29. The number of para-hydroxylation sites is 1. The van der Waals surface area contributed by atoms with Crippen LogP contribution in [0.25, 0.3) is 21.9 Å². The maximum absolute atomic E-state index is 12.1. The van der Waals surface area contributed by atoms with Gasteiger partial charge in [0.2, 0.25) is 0 Å². The summed E-state index contributed by atoms with van der Waals surface area (Å²) in [5.41, 5.74) is 2.12. The Kier molecular flexibility index (Phi) is 2.33. The third kappa shape index (κ3) is 1.48. The van der Waals surface area contributed by atoms with E-state index in [1.165, 1.54) is 0 Å². The summed E-state index contributed by atoms with van der Waals surface area (Å²) in [6.45, 7) is 0. The molecule has 1 aliphatic carbocycles. The number of benzene rings is 1. The Labute approximate surface area is 114 Å². The molecular formula is C16H13NO3. The van der Waals surface area contributed by atoms with Gasteiger partial charge in [-0.1, -0.05) is 18.2 Å². The second kappa shape index (κ2) is 4.07. The van der Waals surface area contributed by atoms with Gasteiger partial charge in [0.25, 0.3) is 5.56 Å². The van der Waals surface area contributed by atoms with Crippen LogP contribution in [0.1, 0.15) is 24.0 Å². The summed E-state index contributed by atoms with van der Waals surface area (Å²) in [6.07, 6.45) is 3.72. The van der Waals surface area contributed by atoms with Crippen LogP contribution in [0.3, 0.4) is 0 Å². The maximum atomic E-state index is 12.1. The van der Waals surface area contributed by atoms with Crippen molar-refractivity contribution in [1.29, 1.82) is 0 Å². The molecule has 2 aromatic heterocycles. The molecule has 20 heavy (non-hydrogen) atoms. The lowest BCUT2D eigenvalue weighted by atomic mass is 9.89. The van der Waals surface area contributed by atoms with E-state index in [4.69, 9.17) is 4.42 Å². The first kappa shape index (κ1) is 11.5. The van der Waals surface area contributed by atoms with E-state index < -0.39 is 5.63 Å². The largest absolute Gasteiger partial charge is 0.421 e. The monoisotopic (exact) mass is 267 g/mol. The number of aromatic amines is 1. The highest BCUT2D eigenvalue weighted by Gasteiger charge is 2.20. The van der Waals surface area contributed by atoms with Crippen molar-refractivity contribution in [1.82, 2.24) is 4.98 Å². The molecule has 0 atom stereocenters. The van der Waals surface area contributed by atoms with E-state index in [0.717, 1.165) is 47.6 Å². The van der Waals surface area contributed by atoms with Crippen molar-refractivity contribution in [3.63, 3.8) is 0 Å². The average Bonchev–Trinajstić information content (AvgIpc) is 2.48. The molecule has 0 radical (unpaired) electrons. The summed E-state index contributed by atoms with van der Waals surface area (Å²) in [6, 6.07) is 7.49. The molecule has 4 heteroatoms. The molecule has 0 bridgehead atoms. The van der Waals surface area contributed by atoms with Crippen LogP contribution in [-0.4, -0.2) is 4.98 Å². The molecule has 0 amide bonds. The van der Waals surface area contributed by atoms with Crippen molar-refractivity contribution in [2.24, 2.45) is 0 Å². The molecule has 0 fully saturated rings. The Morgan fingerprint density at radius 1 is 1.00 bits per heavy atom. The smallest absolute Gasteiger partial charge is 0.360 e. The number of hydrogen-bond acceptors (Lipinski definition) is 3. The molecule has 100 valence electrons. The topological polar surface area (TPSA) is 63.1 Å². The molecule has 0 saturated heterocycles. The summed E-state index contributed by atoms with van der Waals surface area (Å²) < 4.78 is 5.30. The van der Waals surface area contributed by atoms with Crippen molar-refractivity contribution in [2.45, 2.75) is 25.7 Å². The van der Waals surface area contributed by atoms with Crippen LogP contribution in [0.15, 0.2) is 38.3 Å². The summed E-state index contributed by atoms with van der Waals surface area (Å²) >= 11 is 0. The van der Waals surface area contributed by atoms with Crippen molar-refractivity contribution < 1.29 is 4.42 Å². The van der Waals surface area contributed by atoms with E-state index in [2.05, 4.69) is 4.98 Å². The van der Waals surface area contributed by atoms with Crippen LogP contribution in [0.4, 0.5) is 0 Å². The molecule has 3 aromatic rings. The number of nitrogens with one attached hydrogen (secondary N) is 1. The Bertz CT molecular complexity index is 949. The van der Waals surface area contributed by atoms with Crippen LogP contribution in [-0.2, 0) is 12.8 Å². The lowest BCUT2D eigenvalue weighted by Gasteiger charge is -2.17. The van der Waals surface area contributed by atoms with Gasteiger partial charge in [-0.25, -0.2) is 4.79 Å². The summed E-state index contributed by atoms with van der Waals surface area (Å²) in [4.78, 5) is 26.9. The van der Waals surface area contributed by atoms with E-state index in [-0.39, 0.29) is 5.56 Å². The minimum Gasteiger partial charge on any atom is -0.421 e. The van der Waals surface area contributed by atoms with Gasteiger partial charge in [0, 0.05) is 16.3 Å². The minimum absolute atomic E-state index is 0.144. The normalized spacial score (nSPS) is 14.6. The number of H-pyrrole nitrogens is 1. The van der Waals surface area contributed by atoms with Gasteiger partial charge in [0.1, 0.15) is 11.1 Å².